The molecule has 0 radical (unpaired) electrons. The first-order chi connectivity index (χ1) is 12.3. The molecule has 0 saturated carbocycles. The lowest BCUT2D eigenvalue weighted by atomic mass is 9.99. The van der Waals surface area contributed by atoms with Crippen molar-refractivity contribution in [2.45, 2.75) is 32.0 Å². The van der Waals surface area contributed by atoms with Crippen molar-refractivity contribution in [1.29, 1.82) is 0 Å². The van der Waals surface area contributed by atoms with E-state index in [2.05, 4.69) is 15.3 Å². The Morgan fingerprint density at radius 2 is 2.20 bits per heavy atom. The summed E-state index contributed by atoms with van der Waals surface area (Å²) in [6, 6.07) is 5.39. The number of nitrogens with one attached hydrogen (secondary N) is 1. The van der Waals surface area contributed by atoms with E-state index in [1.165, 1.54) is 0 Å². The van der Waals surface area contributed by atoms with Gasteiger partial charge in [-0.05, 0) is 37.0 Å². The Balaban J connectivity index is 1.42. The number of rotatable bonds is 5. The molecule has 0 spiro atoms. The number of hydrogen-bond donors (Lipinski definition) is 1. The Kier molecular flexibility index (Phi) is 4.85. The average Bonchev–Trinajstić information content (AvgIpc) is 3.31. The third-order valence-electron chi connectivity index (χ3n) is 5.04. The second-order valence-electron chi connectivity index (χ2n) is 6.83. The smallest absolute Gasteiger partial charge is 0.246 e. The van der Waals surface area contributed by atoms with Crippen LogP contribution in [0.5, 0.6) is 0 Å². The van der Waals surface area contributed by atoms with Gasteiger partial charge in [0.25, 0.3) is 0 Å². The zero-order valence-electron chi connectivity index (χ0n) is 14.3. The second kappa shape index (κ2) is 7.41. The van der Waals surface area contributed by atoms with Crippen molar-refractivity contribution in [3.8, 4) is 0 Å². The Hall–Kier alpha value is -2.12. The monoisotopic (exact) mass is 344 g/mol. The standard InChI is InChI=1S/C18H24N4O3/c23-18(19-10-16-2-1-7-25-16)17-13-21(11-14-4-8-24-9-5-14)12-15-3-6-20-22(15)17/h1-3,6-7,14,17H,4-5,8-13H2,(H,19,23)/t17-/m1/s1. The van der Waals surface area contributed by atoms with Gasteiger partial charge in [-0.1, -0.05) is 0 Å². The number of ether oxygens (including phenoxy) is 1. The highest BCUT2D eigenvalue weighted by Crippen LogP contribution is 2.24. The minimum Gasteiger partial charge on any atom is -0.467 e. The second-order valence-corrected chi connectivity index (χ2v) is 6.83. The summed E-state index contributed by atoms with van der Waals surface area (Å²) in [5.41, 5.74) is 1.09. The summed E-state index contributed by atoms with van der Waals surface area (Å²) in [6.45, 7) is 4.65. The van der Waals surface area contributed by atoms with E-state index >= 15 is 0 Å². The minimum atomic E-state index is -0.298. The highest BCUT2D eigenvalue weighted by atomic mass is 16.5. The lowest BCUT2D eigenvalue weighted by molar-refractivity contribution is -0.126. The topological polar surface area (TPSA) is 72.5 Å². The molecule has 1 saturated heterocycles. The van der Waals surface area contributed by atoms with Gasteiger partial charge in [-0.2, -0.15) is 5.10 Å². The number of furan rings is 1. The number of carbonyl (C=O) groups is 1. The molecule has 7 nitrogen and oxygen atoms in total. The molecule has 2 aliphatic rings. The van der Waals surface area contributed by atoms with Gasteiger partial charge in [0.1, 0.15) is 11.8 Å². The molecule has 0 aromatic carbocycles. The van der Waals surface area contributed by atoms with Crippen molar-refractivity contribution in [3.05, 3.63) is 42.1 Å². The quantitative estimate of drug-likeness (QED) is 0.891. The molecule has 1 N–H and O–H groups in total. The van der Waals surface area contributed by atoms with Crippen LogP contribution in [0.3, 0.4) is 0 Å². The molecule has 1 amide bonds. The van der Waals surface area contributed by atoms with E-state index in [1.54, 1.807) is 12.5 Å². The number of carbonyl (C=O) groups excluding carboxylic acids is 1. The normalized spacial score (nSPS) is 21.8. The molecule has 1 fully saturated rings. The fourth-order valence-electron chi connectivity index (χ4n) is 3.70. The first-order valence-electron chi connectivity index (χ1n) is 8.92. The van der Waals surface area contributed by atoms with E-state index < -0.39 is 0 Å². The number of aromatic nitrogens is 2. The average molecular weight is 344 g/mol. The Bertz CT molecular complexity index is 691. The largest absolute Gasteiger partial charge is 0.467 e. The summed E-state index contributed by atoms with van der Waals surface area (Å²) in [4.78, 5) is 15.1. The Morgan fingerprint density at radius 1 is 1.32 bits per heavy atom. The van der Waals surface area contributed by atoms with Crippen molar-refractivity contribution >= 4 is 5.91 Å². The molecule has 7 heteroatoms. The van der Waals surface area contributed by atoms with E-state index in [-0.39, 0.29) is 11.9 Å². The van der Waals surface area contributed by atoms with Gasteiger partial charge >= 0.3 is 0 Å². The molecule has 4 heterocycles. The summed E-state index contributed by atoms with van der Waals surface area (Å²) in [7, 11) is 0. The van der Waals surface area contributed by atoms with Crippen LogP contribution in [0.25, 0.3) is 0 Å². The first kappa shape index (κ1) is 16.4. The number of hydrogen-bond acceptors (Lipinski definition) is 5. The van der Waals surface area contributed by atoms with Crippen LogP contribution < -0.4 is 5.32 Å². The number of fused-ring (bicyclic) bond motifs is 1. The van der Waals surface area contributed by atoms with Gasteiger partial charge in [0, 0.05) is 39.0 Å². The minimum absolute atomic E-state index is 0.0157. The third kappa shape index (κ3) is 3.77. The number of amides is 1. The van der Waals surface area contributed by atoms with Crippen molar-refractivity contribution in [3.63, 3.8) is 0 Å². The summed E-state index contributed by atoms with van der Waals surface area (Å²) in [5.74, 6) is 1.39. The lowest BCUT2D eigenvalue weighted by Crippen LogP contribution is -2.46. The van der Waals surface area contributed by atoms with Crippen LogP contribution >= 0.6 is 0 Å². The first-order valence-corrected chi connectivity index (χ1v) is 8.92. The molecule has 25 heavy (non-hydrogen) atoms. The van der Waals surface area contributed by atoms with Crippen LogP contribution in [0.15, 0.2) is 35.1 Å². The summed E-state index contributed by atoms with van der Waals surface area (Å²) >= 11 is 0. The van der Waals surface area contributed by atoms with Crippen molar-refractivity contribution in [2.24, 2.45) is 5.92 Å². The van der Waals surface area contributed by atoms with Crippen molar-refractivity contribution < 1.29 is 13.9 Å². The highest BCUT2D eigenvalue weighted by molar-refractivity contribution is 5.80. The number of nitrogens with zero attached hydrogens (tertiary/aromatic N) is 3. The van der Waals surface area contributed by atoms with Gasteiger partial charge in [0.2, 0.25) is 5.91 Å². The van der Waals surface area contributed by atoms with E-state index in [0.29, 0.717) is 19.0 Å². The molecular formula is C18H24N4O3. The maximum Gasteiger partial charge on any atom is 0.246 e. The molecule has 2 aromatic heterocycles. The molecule has 2 aromatic rings. The van der Waals surface area contributed by atoms with Crippen LogP contribution in [-0.4, -0.2) is 46.9 Å². The van der Waals surface area contributed by atoms with Gasteiger partial charge in [0.05, 0.1) is 18.5 Å². The Labute approximate surface area is 146 Å². The SMILES string of the molecule is O=C(NCc1ccco1)[C@H]1CN(CC2CCOCC2)Cc2ccnn21. The van der Waals surface area contributed by atoms with Gasteiger partial charge in [-0.3, -0.25) is 14.4 Å². The maximum absolute atomic E-state index is 12.7. The molecule has 0 bridgehead atoms. The van der Waals surface area contributed by atoms with Gasteiger partial charge in [-0.15, -0.1) is 0 Å². The van der Waals surface area contributed by atoms with Crippen LogP contribution in [0.4, 0.5) is 0 Å². The fraction of sp³-hybridized carbons (Fsp3) is 0.556. The van der Waals surface area contributed by atoms with E-state index in [0.717, 1.165) is 50.6 Å². The van der Waals surface area contributed by atoms with Gasteiger partial charge < -0.3 is 14.5 Å². The summed E-state index contributed by atoms with van der Waals surface area (Å²) in [5, 5.41) is 7.34. The summed E-state index contributed by atoms with van der Waals surface area (Å²) < 4.78 is 12.6. The molecule has 1 atom stereocenters. The highest BCUT2D eigenvalue weighted by Gasteiger charge is 2.32. The zero-order chi connectivity index (χ0) is 17.1. The molecule has 4 rings (SSSR count). The molecule has 0 aliphatic carbocycles. The van der Waals surface area contributed by atoms with Crippen molar-refractivity contribution in [1.82, 2.24) is 20.0 Å². The third-order valence-corrected chi connectivity index (χ3v) is 5.04. The fourth-order valence-corrected chi connectivity index (χ4v) is 3.70. The zero-order valence-corrected chi connectivity index (χ0v) is 14.3. The van der Waals surface area contributed by atoms with Gasteiger partial charge in [-0.25, -0.2) is 0 Å². The van der Waals surface area contributed by atoms with Crippen LogP contribution in [-0.2, 0) is 22.6 Å². The van der Waals surface area contributed by atoms with Crippen LogP contribution in [0.2, 0.25) is 0 Å². The predicted octanol–water partition coefficient (Wildman–Crippen LogP) is 1.58. The van der Waals surface area contributed by atoms with Gasteiger partial charge in [0.15, 0.2) is 0 Å². The van der Waals surface area contributed by atoms with E-state index in [4.69, 9.17) is 9.15 Å². The molecule has 134 valence electrons. The van der Waals surface area contributed by atoms with Crippen LogP contribution in [0, 0.1) is 5.92 Å². The lowest BCUT2D eigenvalue weighted by Gasteiger charge is -2.36. The van der Waals surface area contributed by atoms with Crippen LogP contribution in [0.1, 0.15) is 30.3 Å². The van der Waals surface area contributed by atoms with Crippen molar-refractivity contribution in [2.75, 3.05) is 26.3 Å². The van der Waals surface area contributed by atoms with E-state index in [9.17, 15) is 4.79 Å². The molecule has 0 unspecified atom stereocenters. The maximum atomic E-state index is 12.7. The van der Waals surface area contributed by atoms with E-state index in [1.807, 2.05) is 22.9 Å². The predicted molar refractivity (Wildman–Crippen MR) is 90.6 cm³/mol. The molecular weight excluding hydrogens is 320 g/mol. The molecule has 2 aliphatic heterocycles. The Morgan fingerprint density at radius 3 is 3.00 bits per heavy atom. The summed E-state index contributed by atoms with van der Waals surface area (Å²) in [6.07, 6.45) is 5.60.